The van der Waals surface area contributed by atoms with Gasteiger partial charge in [0.2, 0.25) is 0 Å². The van der Waals surface area contributed by atoms with Crippen LogP contribution in [0.25, 0.3) is 0 Å². The smallest absolute Gasteiger partial charge is 0.316 e. The van der Waals surface area contributed by atoms with Crippen LogP contribution >= 0.6 is 0 Å². The molecule has 66 heavy (non-hydrogen) atoms. The number of aliphatic hydroxyl groups is 3. The summed E-state index contributed by atoms with van der Waals surface area (Å²) in [6, 6.07) is 17.6. The molecule has 5 N–H and O–H groups in total. The predicted molar refractivity (Wildman–Crippen MR) is 255 cm³/mol. The molecule has 2 aromatic carbocycles. The number of methoxy groups -OCH3 is 1. The lowest BCUT2D eigenvalue weighted by atomic mass is 9.74. The van der Waals surface area contributed by atoms with Crippen molar-refractivity contribution in [3.63, 3.8) is 0 Å². The standard InChI is InChI=1S/C51H82N4O11/c1-12-42-51(8,60)46(58)35(4)43(54-62-28-27-52-25-18-13-14-19-26-53-32-38-21-20-24-40(30-38)64-39-22-16-15-17-23-39)33(2)31-50(7,61-11)47(36(5)44(56)37(6)48(59)65-42)66-49-45(57)41(55(9)10)29-34(3)63-49/h15-17,20-24,30,33-37,41-42,45-47,49,52-53,57-58,60H,12-14,18-19,25-29,31-32H2,1-11H3/b54-43+/t33-,34-,35-,36+,37-,41+,42-,45-,46-,47-,49+,50+,51-/m1/s1. The van der Waals surface area contributed by atoms with Crippen molar-refractivity contribution in [2.75, 3.05) is 47.4 Å². The number of rotatable bonds is 20. The van der Waals surface area contributed by atoms with E-state index in [4.69, 9.17) is 28.5 Å². The van der Waals surface area contributed by atoms with E-state index in [1.165, 1.54) is 26.5 Å². The molecule has 0 aliphatic carbocycles. The van der Waals surface area contributed by atoms with E-state index in [2.05, 4.69) is 27.9 Å². The molecule has 13 atom stereocenters. The minimum absolute atomic E-state index is 0.177. The molecule has 0 aromatic heterocycles. The van der Waals surface area contributed by atoms with Gasteiger partial charge in [-0.2, -0.15) is 0 Å². The average Bonchev–Trinajstić information content (AvgIpc) is 3.29. The first-order valence-electron chi connectivity index (χ1n) is 24.1. The second kappa shape index (κ2) is 26.3. The highest BCUT2D eigenvalue weighted by atomic mass is 16.7. The maximum absolute atomic E-state index is 14.2. The first kappa shape index (κ1) is 55.1. The molecular formula is C51H82N4O11. The molecule has 0 amide bonds. The van der Waals surface area contributed by atoms with Crippen LogP contribution in [0.5, 0.6) is 11.5 Å². The predicted octanol–water partition coefficient (Wildman–Crippen LogP) is 6.26. The van der Waals surface area contributed by atoms with Crippen LogP contribution in [0.15, 0.2) is 59.8 Å². The molecule has 2 aliphatic heterocycles. The number of para-hydroxylation sites is 1. The molecule has 15 nitrogen and oxygen atoms in total. The Labute approximate surface area is 394 Å². The van der Waals surface area contributed by atoms with Gasteiger partial charge in [-0.3, -0.25) is 9.59 Å². The van der Waals surface area contributed by atoms with Crippen LogP contribution in [-0.4, -0.2) is 139 Å². The molecule has 2 fully saturated rings. The number of ketones is 1. The lowest BCUT2D eigenvalue weighted by Crippen LogP contribution is -2.60. The molecule has 15 heteroatoms. The van der Waals surface area contributed by atoms with Crippen LogP contribution in [0.3, 0.4) is 0 Å². The van der Waals surface area contributed by atoms with E-state index >= 15 is 0 Å². The number of benzene rings is 2. The Morgan fingerprint density at radius 3 is 2.20 bits per heavy atom. The summed E-state index contributed by atoms with van der Waals surface area (Å²) >= 11 is 0. The van der Waals surface area contributed by atoms with Gasteiger partial charge in [0.15, 0.2) is 12.1 Å². The summed E-state index contributed by atoms with van der Waals surface area (Å²) in [7, 11) is 5.29. The van der Waals surface area contributed by atoms with Gasteiger partial charge >= 0.3 is 5.97 Å². The highest BCUT2D eigenvalue weighted by Gasteiger charge is 2.51. The Balaban J connectivity index is 1.38. The summed E-state index contributed by atoms with van der Waals surface area (Å²) in [5.41, 5.74) is -1.50. The third kappa shape index (κ3) is 15.2. The van der Waals surface area contributed by atoms with Gasteiger partial charge in [-0.15, -0.1) is 0 Å². The Morgan fingerprint density at radius 2 is 1.55 bits per heavy atom. The fourth-order valence-corrected chi connectivity index (χ4v) is 9.41. The van der Waals surface area contributed by atoms with Crippen molar-refractivity contribution < 1.29 is 53.4 Å². The Morgan fingerprint density at radius 1 is 0.879 bits per heavy atom. The van der Waals surface area contributed by atoms with E-state index in [0.29, 0.717) is 18.7 Å². The number of oxime groups is 1. The number of Topliss-reactive ketones (excluding diaryl/α,β-unsaturated/α-hetero) is 1. The molecule has 0 saturated carbocycles. The van der Waals surface area contributed by atoms with Crippen LogP contribution in [0.2, 0.25) is 0 Å². The second-order valence-corrected chi connectivity index (χ2v) is 19.2. The molecule has 0 radical (unpaired) electrons. The third-order valence-electron chi connectivity index (χ3n) is 13.5. The summed E-state index contributed by atoms with van der Waals surface area (Å²) in [5.74, 6) is -3.04. The van der Waals surface area contributed by atoms with Gasteiger partial charge in [0, 0.05) is 44.0 Å². The number of likely N-dealkylation sites (N-methyl/N-ethyl adjacent to an activating group) is 1. The lowest BCUT2D eigenvalue weighted by molar-refractivity contribution is -0.295. The normalized spacial score (nSPS) is 33.4. The summed E-state index contributed by atoms with van der Waals surface area (Å²) in [6.07, 6.45) is -0.714. The number of esters is 1. The number of hydrogen-bond donors (Lipinski definition) is 5. The number of ether oxygens (including phenoxy) is 5. The molecule has 2 aromatic rings. The zero-order valence-corrected chi connectivity index (χ0v) is 41.5. The summed E-state index contributed by atoms with van der Waals surface area (Å²) in [5, 5.41) is 46.8. The zero-order chi connectivity index (χ0) is 48.6. The minimum atomic E-state index is -1.91. The number of nitrogens with one attached hydrogen (secondary N) is 2. The summed E-state index contributed by atoms with van der Waals surface area (Å²) < 4.78 is 30.9. The molecule has 0 spiro atoms. The van der Waals surface area contributed by atoms with E-state index in [1.807, 2.05) is 82.2 Å². The molecule has 4 rings (SSSR count). The highest BCUT2D eigenvalue weighted by Crippen LogP contribution is 2.39. The van der Waals surface area contributed by atoms with Crippen LogP contribution in [0.1, 0.15) is 106 Å². The molecule has 372 valence electrons. The van der Waals surface area contributed by atoms with Crippen molar-refractivity contribution in [3.05, 3.63) is 60.2 Å². The minimum Gasteiger partial charge on any atom is -0.459 e. The van der Waals surface area contributed by atoms with Gasteiger partial charge in [-0.05, 0) is 117 Å². The number of unbranched alkanes of at least 4 members (excludes halogenated alkanes) is 3. The van der Waals surface area contributed by atoms with Gasteiger partial charge < -0.3 is 59.4 Å². The molecular weight excluding hydrogens is 845 g/mol. The second-order valence-electron chi connectivity index (χ2n) is 19.2. The van der Waals surface area contributed by atoms with Crippen LogP contribution < -0.4 is 15.4 Å². The van der Waals surface area contributed by atoms with Gasteiger partial charge in [0.05, 0.1) is 29.6 Å². The van der Waals surface area contributed by atoms with Crippen LogP contribution in [-0.2, 0) is 39.9 Å². The van der Waals surface area contributed by atoms with Gasteiger partial charge in [0.1, 0.15) is 41.8 Å². The van der Waals surface area contributed by atoms with Crippen molar-refractivity contribution >= 4 is 17.5 Å². The largest absolute Gasteiger partial charge is 0.459 e. The first-order valence-corrected chi connectivity index (χ1v) is 24.1. The molecule has 2 aliphatic rings. The van der Waals surface area contributed by atoms with E-state index < -0.39 is 77.3 Å². The number of cyclic esters (lactones) is 1. The summed E-state index contributed by atoms with van der Waals surface area (Å²) in [6.45, 7) is 17.1. The Bertz CT molecular complexity index is 1800. The molecule has 2 heterocycles. The van der Waals surface area contributed by atoms with Crippen molar-refractivity contribution in [2.45, 2.75) is 161 Å². The topological polar surface area (TPSA) is 190 Å². The molecule has 0 unspecified atom stereocenters. The summed E-state index contributed by atoms with van der Waals surface area (Å²) in [4.78, 5) is 35.7. The number of nitrogens with zero attached hydrogens (tertiary/aromatic N) is 2. The van der Waals surface area contributed by atoms with E-state index in [-0.39, 0.29) is 31.6 Å². The Hall–Kier alpha value is -3.51. The monoisotopic (exact) mass is 927 g/mol. The van der Waals surface area contributed by atoms with E-state index in [9.17, 15) is 24.9 Å². The van der Waals surface area contributed by atoms with Gasteiger partial charge in [0.25, 0.3) is 0 Å². The Kier molecular flexibility index (Phi) is 22.0. The number of carbonyl (C=O) groups excluding carboxylic acids is 2. The SMILES string of the molecule is CC[C@H]1OC(=O)[C@H](C)C(=O)[C@H](C)[C@@H](O[C@@H]2O[C@H](C)C[C@H](N(C)C)[C@H]2O)[C@@](C)(OC)C[C@@H](C)/C(=N\OCCNCCCCCCNCc2cccc(Oc3ccccc3)c2)[C@@H](C)[C@@H](O)[C@]1(C)O. The van der Waals surface area contributed by atoms with Gasteiger partial charge in [-0.25, -0.2) is 0 Å². The number of carbonyl (C=O) groups is 2. The lowest BCUT2D eigenvalue weighted by Gasteiger charge is -2.47. The zero-order valence-electron chi connectivity index (χ0n) is 41.5. The van der Waals surface area contributed by atoms with Crippen molar-refractivity contribution in [2.24, 2.45) is 28.8 Å². The quantitative estimate of drug-likeness (QED) is 0.0433. The average molecular weight is 927 g/mol. The van der Waals surface area contributed by atoms with Gasteiger partial charge in [-0.1, -0.05) is 76.0 Å². The van der Waals surface area contributed by atoms with E-state index in [1.54, 1.807) is 20.8 Å². The van der Waals surface area contributed by atoms with E-state index in [0.717, 1.165) is 56.8 Å². The third-order valence-corrected chi connectivity index (χ3v) is 13.5. The maximum Gasteiger partial charge on any atom is 0.316 e. The van der Waals surface area contributed by atoms with Crippen LogP contribution in [0, 0.1) is 23.7 Å². The maximum atomic E-state index is 14.2. The highest BCUT2D eigenvalue weighted by molar-refractivity contribution is 6.00. The van der Waals surface area contributed by atoms with Crippen molar-refractivity contribution in [1.29, 1.82) is 0 Å². The fraction of sp³-hybridized carbons (Fsp3) is 0.706. The number of hydrogen-bond acceptors (Lipinski definition) is 15. The molecule has 2 saturated heterocycles. The van der Waals surface area contributed by atoms with Crippen molar-refractivity contribution in [1.82, 2.24) is 15.5 Å². The van der Waals surface area contributed by atoms with Crippen molar-refractivity contribution in [3.8, 4) is 11.5 Å². The first-order chi connectivity index (χ1) is 31.3. The fourth-order valence-electron chi connectivity index (χ4n) is 9.41. The molecule has 0 bridgehead atoms. The number of aliphatic hydroxyl groups excluding tert-OH is 2. The van der Waals surface area contributed by atoms with Crippen LogP contribution in [0.4, 0.5) is 0 Å².